The zero-order chi connectivity index (χ0) is 16.1. The van der Waals surface area contributed by atoms with E-state index in [4.69, 9.17) is 9.47 Å². The van der Waals surface area contributed by atoms with Crippen LogP contribution in [0.2, 0.25) is 0 Å². The summed E-state index contributed by atoms with van der Waals surface area (Å²) in [6.45, 7) is 0. The first-order valence-corrected chi connectivity index (χ1v) is 7.66. The number of aliphatic hydroxyl groups is 1. The molecule has 0 saturated heterocycles. The molecule has 1 aliphatic rings. The van der Waals surface area contributed by atoms with E-state index in [0.717, 1.165) is 30.6 Å². The summed E-state index contributed by atoms with van der Waals surface area (Å²) >= 11 is 0. The molecular weight excluding hydrogens is 282 g/mol. The van der Waals surface area contributed by atoms with Gasteiger partial charge in [0.15, 0.2) is 0 Å². The van der Waals surface area contributed by atoms with Crippen molar-refractivity contribution in [1.29, 1.82) is 0 Å². The van der Waals surface area contributed by atoms with Gasteiger partial charge in [-0.05, 0) is 37.0 Å². The molecule has 5 nitrogen and oxygen atoms in total. The molecule has 22 heavy (non-hydrogen) atoms. The second kappa shape index (κ2) is 7.61. The van der Waals surface area contributed by atoms with Gasteiger partial charge in [0.05, 0.1) is 25.7 Å². The van der Waals surface area contributed by atoms with E-state index in [9.17, 15) is 9.90 Å². The van der Waals surface area contributed by atoms with Crippen LogP contribution >= 0.6 is 0 Å². The number of hydrogen-bond acceptors (Lipinski definition) is 4. The number of rotatable bonds is 5. The number of hydrogen-bond donors (Lipinski definition) is 1. The molecule has 0 aromatic heterocycles. The maximum absolute atomic E-state index is 12.4. The summed E-state index contributed by atoms with van der Waals surface area (Å²) in [5.74, 6) is 0.779. The fourth-order valence-corrected chi connectivity index (χ4v) is 3.03. The Morgan fingerprint density at radius 1 is 1.27 bits per heavy atom. The lowest BCUT2D eigenvalue weighted by atomic mass is 9.88. The van der Waals surface area contributed by atoms with Crippen LogP contribution in [0, 0.1) is 0 Å². The minimum atomic E-state index is -0.622. The lowest BCUT2D eigenvalue weighted by Gasteiger charge is -2.39. The van der Waals surface area contributed by atoms with Gasteiger partial charge in [0.25, 0.3) is 0 Å². The van der Waals surface area contributed by atoms with Crippen LogP contribution in [0.3, 0.4) is 0 Å². The molecule has 1 saturated carbocycles. The molecule has 0 unspecified atom stereocenters. The third kappa shape index (κ3) is 3.78. The minimum Gasteiger partial charge on any atom is -0.497 e. The molecule has 1 aromatic carbocycles. The standard InChI is InChI=1S/C17H25NO4/c1-18(14-5-4-6-15(22-3)17(14)20)16(19)11-12-7-9-13(21-2)10-8-12/h7-10,14-15,17,20H,4-6,11H2,1-3H3/t14-,15-,17-/m1/s1. The predicted octanol–water partition coefficient (Wildman–Crippen LogP) is 1.62. The highest BCUT2D eigenvalue weighted by molar-refractivity contribution is 5.79. The molecule has 122 valence electrons. The number of likely N-dealkylation sites (N-methyl/N-ethyl adjacent to an activating group) is 1. The molecule has 0 spiro atoms. The van der Waals surface area contributed by atoms with E-state index in [0.29, 0.717) is 6.42 Å². The molecule has 0 radical (unpaired) electrons. The lowest BCUT2D eigenvalue weighted by molar-refractivity contribution is -0.139. The highest BCUT2D eigenvalue weighted by Crippen LogP contribution is 2.25. The summed E-state index contributed by atoms with van der Waals surface area (Å²) in [4.78, 5) is 14.1. The number of nitrogens with zero attached hydrogens (tertiary/aromatic N) is 1. The smallest absolute Gasteiger partial charge is 0.227 e. The van der Waals surface area contributed by atoms with Gasteiger partial charge in [-0.15, -0.1) is 0 Å². The third-order valence-corrected chi connectivity index (χ3v) is 4.47. The van der Waals surface area contributed by atoms with Crippen molar-refractivity contribution < 1.29 is 19.4 Å². The topological polar surface area (TPSA) is 59.0 Å². The van der Waals surface area contributed by atoms with Gasteiger partial charge in [-0.3, -0.25) is 4.79 Å². The molecule has 0 aliphatic heterocycles. The molecule has 2 rings (SSSR count). The molecular formula is C17H25NO4. The Labute approximate surface area is 131 Å². The first-order chi connectivity index (χ1) is 10.6. The van der Waals surface area contributed by atoms with E-state index >= 15 is 0 Å². The van der Waals surface area contributed by atoms with Gasteiger partial charge in [0, 0.05) is 14.2 Å². The van der Waals surface area contributed by atoms with Gasteiger partial charge in [-0.25, -0.2) is 0 Å². The average molecular weight is 307 g/mol. The molecule has 1 aliphatic carbocycles. The SMILES string of the molecule is COc1ccc(CC(=O)N(C)[C@@H]2CCC[C@@H](OC)[C@@H]2O)cc1. The van der Waals surface area contributed by atoms with Crippen LogP contribution in [0.4, 0.5) is 0 Å². The Bertz CT molecular complexity index is 488. The zero-order valence-electron chi connectivity index (χ0n) is 13.5. The molecule has 3 atom stereocenters. The minimum absolute atomic E-state index is 0.00553. The zero-order valence-corrected chi connectivity index (χ0v) is 13.5. The van der Waals surface area contributed by atoms with E-state index in [1.807, 2.05) is 24.3 Å². The fraction of sp³-hybridized carbons (Fsp3) is 0.588. The van der Waals surface area contributed by atoms with Gasteiger partial charge < -0.3 is 19.5 Å². The average Bonchev–Trinajstić information content (AvgIpc) is 2.55. The van der Waals surface area contributed by atoms with Gasteiger partial charge in [0.2, 0.25) is 5.91 Å². The van der Waals surface area contributed by atoms with Crippen LogP contribution in [-0.2, 0) is 16.0 Å². The summed E-state index contributed by atoms with van der Waals surface area (Å²) in [5, 5.41) is 10.3. The van der Waals surface area contributed by atoms with Crippen molar-refractivity contribution in [2.24, 2.45) is 0 Å². The largest absolute Gasteiger partial charge is 0.497 e. The maximum atomic E-state index is 12.4. The van der Waals surface area contributed by atoms with Crippen LogP contribution in [0.5, 0.6) is 5.75 Å². The van der Waals surface area contributed by atoms with Crippen LogP contribution in [0.1, 0.15) is 24.8 Å². The van der Waals surface area contributed by atoms with Gasteiger partial charge in [-0.1, -0.05) is 12.1 Å². The first-order valence-electron chi connectivity index (χ1n) is 7.66. The lowest BCUT2D eigenvalue weighted by Crippen LogP contribution is -2.52. The molecule has 0 bridgehead atoms. The van der Waals surface area contributed by atoms with Crippen molar-refractivity contribution in [1.82, 2.24) is 4.90 Å². The molecule has 1 amide bonds. The number of benzene rings is 1. The molecule has 1 N–H and O–H groups in total. The van der Waals surface area contributed by atoms with Crippen molar-refractivity contribution >= 4 is 5.91 Å². The normalized spacial score (nSPS) is 24.8. The predicted molar refractivity (Wildman–Crippen MR) is 83.9 cm³/mol. The van der Waals surface area contributed by atoms with E-state index in [1.54, 1.807) is 26.2 Å². The highest BCUT2D eigenvalue weighted by atomic mass is 16.5. The second-order valence-corrected chi connectivity index (χ2v) is 5.79. The third-order valence-electron chi connectivity index (χ3n) is 4.47. The fourth-order valence-electron chi connectivity index (χ4n) is 3.03. The Kier molecular flexibility index (Phi) is 5.80. The monoisotopic (exact) mass is 307 g/mol. The highest BCUT2D eigenvalue weighted by Gasteiger charge is 2.35. The van der Waals surface area contributed by atoms with Gasteiger partial charge in [0.1, 0.15) is 11.9 Å². The molecule has 1 fully saturated rings. The second-order valence-electron chi connectivity index (χ2n) is 5.79. The number of carbonyl (C=O) groups is 1. The van der Waals surface area contributed by atoms with Crippen molar-refractivity contribution in [2.75, 3.05) is 21.3 Å². The molecule has 0 heterocycles. The van der Waals surface area contributed by atoms with Crippen molar-refractivity contribution in [3.05, 3.63) is 29.8 Å². The van der Waals surface area contributed by atoms with E-state index < -0.39 is 6.10 Å². The summed E-state index contributed by atoms with van der Waals surface area (Å²) in [7, 11) is 4.98. The number of carbonyl (C=O) groups excluding carboxylic acids is 1. The van der Waals surface area contributed by atoms with Crippen LogP contribution < -0.4 is 4.74 Å². The maximum Gasteiger partial charge on any atom is 0.227 e. The van der Waals surface area contributed by atoms with E-state index in [-0.39, 0.29) is 18.1 Å². The summed E-state index contributed by atoms with van der Waals surface area (Å²) in [6.07, 6.45) is 2.13. The number of methoxy groups -OCH3 is 2. The first kappa shape index (κ1) is 16.8. The Morgan fingerprint density at radius 3 is 2.55 bits per heavy atom. The van der Waals surface area contributed by atoms with Crippen molar-refractivity contribution in [2.45, 2.75) is 43.9 Å². The van der Waals surface area contributed by atoms with Gasteiger partial charge >= 0.3 is 0 Å². The Morgan fingerprint density at radius 2 is 1.95 bits per heavy atom. The van der Waals surface area contributed by atoms with Crippen molar-refractivity contribution in [3.63, 3.8) is 0 Å². The van der Waals surface area contributed by atoms with Crippen LogP contribution in [0.15, 0.2) is 24.3 Å². The van der Waals surface area contributed by atoms with Crippen LogP contribution in [-0.4, -0.2) is 55.4 Å². The molecule has 5 heteroatoms. The Balaban J connectivity index is 1.98. The van der Waals surface area contributed by atoms with Crippen molar-refractivity contribution in [3.8, 4) is 5.75 Å². The van der Waals surface area contributed by atoms with E-state index in [1.165, 1.54) is 0 Å². The van der Waals surface area contributed by atoms with Gasteiger partial charge in [-0.2, -0.15) is 0 Å². The van der Waals surface area contributed by atoms with Crippen LogP contribution in [0.25, 0.3) is 0 Å². The summed E-state index contributed by atoms with van der Waals surface area (Å²) < 4.78 is 10.4. The summed E-state index contributed by atoms with van der Waals surface area (Å²) in [5.41, 5.74) is 0.936. The molecule has 1 aromatic rings. The quantitative estimate of drug-likeness (QED) is 0.898. The number of aliphatic hydroxyl groups excluding tert-OH is 1. The summed E-state index contributed by atoms with van der Waals surface area (Å²) in [6, 6.07) is 7.29. The Hall–Kier alpha value is -1.59. The van der Waals surface area contributed by atoms with E-state index in [2.05, 4.69) is 0 Å². The number of ether oxygens (including phenoxy) is 2. The number of amides is 1.